The molecule has 22 heteroatoms. The van der Waals surface area contributed by atoms with E-state index in [0.29, 0.717) is 0 Å². The smallest absolute Gasteiger partial charge is 0.460 e. The first-order valence-corrected chi connectivity index (χ1v) is 22.9. The second kappa shape index (κ2) is 31.1. The van der Waals surface area contributed by atoms with E-state index in [9.17, 15) is 37.5 Å². The van der Waals surface area contributed by atoms with Crippen LogP contribution in [0.4, 0.5) is 18.4 Å². The SMILES string of the molecule is C=CC(=O)OCCOCCOCCOCCOC(=O)Oc1ccc(C(=O)Oc2ccc3c(c2)C(C)c2cc(OC(=O)c4ccc(OC(=O)OCCOCCOCCOCCOC(=O)C=C)c(F)c4)ccc2-3)cc1F. The van der Waals surface area contributed by atoms with Gasteiger partial charge >= 0.3 is 36.2 Å². The van der Waals surface area contributed by atoms with E-state index >= 15 is 0 Å². The number of halogens is 2. The van der Waals surface area contributed by atoms with E-state index in [1.165, 1.54) is 12.1 Å². The number of carbonyl (C=O) groups is 6. The molecule has 0 aliphatic heterocycles. The third-order valence-electron chi connectivity index (χ3n) is 10.1. The quantitative estimate of drug-likeness (QED) is 0.0118. The number of ether oxygens (including phenoxy) is 14. The average molecular weight is 1040 g/mol. The molecule has 4 aromatic carbocycles. The zero-order valence-electron chi connectivity index (χ0n) is 40.3. The van der Waals surface area contributed by atoms with Gasteiger partial charge in [0, 0.05) is 18.1 Å². The molecule has 0 spiro atoms. The summed E-state index contributed by atoms with van der Waals surface area (Å²) in [5, 5.41) is 0. The second-order valence-corrected chi connectivity index (χ2v) is 15.1. The summed E-state index contributed by atoms with van der Waals surface area (Å²) in [5.74, 6) is -5.72. The Labute approximate surface area is 423 Å². The summed E-state index contributed by atoms with van der Waals surface area (Å²) < 4.78 is 102. The highest BCUT2D eigenvalue weighted by Crippen LogP contribution is 2.47. The van der Waals surface area contributed by atoms with Crippen molar-refractivity contribution in [1.29, 1.82) is 0 Å². The Bertz CT molecular complexity index is 2390. The zero-order valence-corrected chi connectivity index (χ0v) is 40.3. The van der Waals surface area contributed by atoms with E-state index in [2.05, 4.69) is 13.2 Å². The number of esters is 4. The maximum Gasteiger partial charge on any atom is 0.514 e. The first kappa shape index (κ1) is 57.3. The van der Waals surface area contributed by atoms with E-state index in [4.69, 9.17) is 66.3 Å². The van der Waals surface area contributed by atoms with Crippen molar-refractivity contribution in [3.63, 3.8) is 0 Å². The van der Waals surface area contributed by atoms with Gasteiger partial charge in [0.05, 0.1) is 90.4 Å². The van der Waals surface area contributed by atoms with Gasteiger partial charge in [-0.25, -0.2) is 37.5 Å². The molecule has 0 fully saturated rings. The van der Waals surface area contributed by atoms with Crippen LogP contribution in [-0.2, 0) is 57.0 Å². The minimum atomic E-state index is -1.19. The van der Waals surface area contributed by atoms with Crippen molar-refractivity contribution in [3.8, 4) is 34.1 Å². The van der Waals surface area contributed by atoms with Crippen molar-refractivity contribution in [3.05, 3.63) is 132 Å². The largest absolute Gasteiger partial charge is 0.514 e. The van der Waals surface area contributed by atoms with E-state index in [1.54, 1.807) is 36.4 Å². The van der Waals surface area contributed by atoms with Gasteiger partial charge < -0.3 is 66.3 Å². The first-order chi connectivity index (χ1) is 35.9. The predicted molar refractivity (Wildman–Crippen MR) is 253 cm³/mol. The number of fused-ring (bicyclic) bond motifs is 3. The summed E-state index contributed by atoms with van der Waals surface area (Å²) in [7, 11) is 0. The normalized spacial score (nSPS) is 11.4. The van der Waals surface area contributed by atoms with E-state index in [1.807, 2.05) is 6.92 Å². The van der Waals surface area contributed by atoms with Gasteiger partial charge in [-0.1, -0.05) is 32.2 Å². The fraction of sp³-hybridized carbons (Fsp3) is 0.346. The number of rotatable bonds is 32. The minimum Gasteiger partial charge on any atom is -0.460 e. The van der Waals surface area contributed by atoms with Crippen LogP contribution >= 0.6 is 0 Å². The van der Waals surface area contributed by atoms with Crippen molar-refractivity contribution in [1.82, 2.24) is 0 Å². The molecule has 1 aliphatic carbocycles. The van der Waals surface area contributed by atoms with Crippen LogP contribution in [-0.4, -0.2) is 142 Å². The highest BCUT2D eigenvalue weighted by atomic mass is 19.1. The van der Waals surface area contributed by atoms with Crippen molar-refractivity contribution in [2.75, 3.05) is 106 Å². The lowest BCUT2D eigenvalue weighted by molar-refractivity contribution is -0.140. The molecule has 5 rings (SSSR count). The third kappa shape index (κ3) is 19.1. The molecule has 0 unspecified atom stereocenters. The molecule has 74 heavy (non-hydrogen) atoms. The summed E-state index contributed by atoms with van der Waals surface area (Å²) in [6.45, 7) is 10.8. The first-order valence-electron chi connectivity index (χ1n) is 22.9. The minimum absolute atomic E-state index is 0.0160. The van der Waals surface area contributed by atoms with Crippen LogP contribution in [0.15, 0.2) is 98.1 Å². The van der Waals surface area contributed by atoms with Gasteiger partial charge in [0.2, 0.25) is 0 Å². The van der Waals surface area contributed by atoms with Crippen LogP contribution in [0.1, 0.15) is 44.7 Å². The van der Waals surface area contributed by atoms with Gasteiger partial charge in [-0.2, -0.15) is 0 Å². The molecule has 20 nitrogen and oxygen atoms in total. The molecular formula is C52H54F2O20. The Morgan fingerprint density at radius 3 is 1.08 bits per heavy atom. The summed E-state index contributed by atoms with van der Waals surface area (Å²) in [6.07, 6.45) is -0.259. The summed E-state index contributed by atoms with van der Waals surface area (Å²) in [6, 6.07) is 16.3. The lowest BCUT2D eigenvalue weighted by Gasteiger charge is -2.11. The Kier molecular flexibility index (Phi) is 24.1. The molecule has 396 valence electrons. The maximum atomic E-state index is 14.9. The molecule has 1 aliphatic rings. The van der Waals surface area contributed by atoms with Gasteiger partial charge in [0.25, 0.3) is 0 Å². The van der Waals surface area contributed by atoms with Crippen LogP contribution in [0.2, 0.25) is 0 Å². The number of hydrogen-bond acceptors (Lipinski definition) is 20. The molecule has 0 heterocycles. The van der Waals surface area contributed by atoms with Gasteiger partial charge in [-0.3, -0.25) is 0 Å². The molecule has 0 atom stereocenters. The highest BCUT2D eigenvalue weighted by molar-refractivity contribution is 5.93. The zero-order chi connectivity index (χ0) is 53.1. The molecule has 4 aromatic rings. The molecule has 0 aromatic heterocycles. The van der Waals surface area contributed by atoms with Crippen molar-refractivity contribution in [2.24, 2.45) is 0 Å². The van der Waals surface area contributed by atoms with Crippen LogP contribution in [0.3, 0.4) is 0 Å². The second-order valence-electron chi connectivity index (χ2n) is 15.1. The number of hydrogen-bond donors (Lipinski definition) is 0. The fourth-order valence-corrected chi connectivity index (χ4v) is 6.55. The molecule has 0 radical (unpaired) electrons. The van der Waals surface area contributed by atoms with Gasteiger partial charge in [0.1, 0.15) is 37.9 Å². The topological polar surface area (TPSA) is 232 Å². The molecule has 0 saturated heterocycles. The van der Waals surface area contributed by atoms with Crippen LogP contribution in [0.25, 0.3) is 11.1 Å². The average Bonchev–Trinajstić information content (AvgIpc) is 3.66. The van der Waals surface area contributed by atoms with Crippen molar-refractivity contribution < 1.29 is 104 Å². The third-order valence-corrected chi connectivity index (χ3v) is 10.1. The van der Waals surface area contributed by atoms with Gasteiger partial charge in [-0.05, 0) is 82.9 Å². The Balaban J connectivity index is 0.979. The van der Waals surface area contributed by atoms with Crippen molar-refractivity contribution in [2.45, 2.75) is 12.8 Å². The molecule has 0 amide bonds. The standard InChI is InChI=1S/C52H54F2O20/c1-4-47(55)67-26-22-63-18-14-61-16-20-65-24-28-69-51(59)73-45-12-6-35(30-43(45)53)49(57)71-37-8-10-39-40-11-9-38(33-42(40)34(3)41(39)32-37)72-50(58)36-7-13-46(44(54)31-36)74-52(60)70-29-25-66-21-17-62-15-19-64-23-27-68-48(56)5-2/h4-13,30-34H,1-2,14-29H2,3H3. The molecule has 0 bridgehead atoms. The lowest BCUT2D eigenvalue weighted by atomic mass is 9.99. The Morgan fingerprint density at radius 2 is 0.757 bits per heavy atom. The highest BCUT2D eigenvalue weighted by Gasteiger charge is 2.28. The fourth-order valence-electron chi connectivity index (χ4n) is 6.55. The maximum absolute atomic E-state index is 14.9. The Morgan fingerprint density at radius 1 is 0.432 bits per heavy atom. The van der Waals surface area contributed by atoms with Crippen LogP contribution < -0.4 is 18.9 Å². The Hall–Kier alpha value is -7.60. The molecule has 0 N–H and O–H groups in total. The monoisotopic (exact) mass is 1040 g/mol. The van der Waals surface area contributed by atoms with Gasteiger partial charge in [0.15, 0.2) is 23.1 Å². The summed E-state index contributed by atoms with van der Waals surface area (Å²) in [5.41, 5.74) is 2.94. The van der Waals surface area contributed by atoms with Crippen molar-refractivity contribution >= 4 is 36.2 Å². The number of benzene rings is 4. The van der Waals surface area contributed by atoms with E-state index in [-0.39, 0.29) is 134 Å². The summed E-state index contributed by atoms with van der Waals surface area (Å²) in [4.78, 5) is 72.3. The summed E-state index contributed by atoms with van der Waals surface area (Å²) >= 11 is 0. The number of carbonyl (C=O) groups excluding carboxylic acids is 6. The van der Waals surface area contributed by atoms with E-state index < -0.39 is 59.3 Å². The molecular weight excluding hydrogens is 983 g/mol. The van der Waals surface area contributed by atoms with Crippen LogP contribution in [0, 0.1) is 11.6 Å². The van der Waals surface area contributed by atoms with E-state index in [0.717, 1.165) is 58.7 Å². The molecule has 0 saturated carbocycles. The lowest BCUT2D eigenvalue weighted by Crippen LogP contribution is -2.17. The van der Waals surface area contributed by atoms with Gasteiger partial charge in [-0.15, -0.1) is 0 Å². The predicted octanol–water partition coefficient (Wildman–Crippen LogP) is 7.12. The van der Waals surface area contributed by atoms with Crippen LogP contribution in [0.5, 0.6) is 23.0 Å².